The molecular weight excluding hydrogens is 279 g/mol. The van der Waals surface area contributed by atoms with Gasteiger partial charge in [-0.2, -0.15) is 0 Å². The summed E-state index contributed by atoms with van der Waals surface area (Å²) in [5.41, 5.74) is 7.29. The predicted molar refractivity (Wildman–Crippen MR) is 85.1 cm³/mol. The monoisotopic (exact) mass is 302 g/mol. The molecule has 2 nitrogen and oxygen atoms in total. The van der Waals surface area contributed by atoms with Crippen LogP contribution in [0.3, 0.4) is 0 Å². The zero-order valence-corrected chi connectivity index (χ0v) is 13.3. The van der Waals surface area contributed by atoms with Gasteiger partial charge in [0.15, 0.2) is 0 Å². The Hall–Kier alpha value is -0.280. The Morgan fingerprint density at radius 3 is 2.42 bits per heavy atom. The van der Waals surface area contributed by atoms with Crippen molar-refractivity contribution in [3.63, 3.8) is 0 Å². The van der Waals surface area contributed by atoms with E-state index in [2.05, 4.69) is 30.9 Å². The van der Waals surface area contributed by atoms with Crippen LogP contribution in [0.2, 0.25) is 5.02 Å². The number of nitrogens with zero attached hydrogens (tertiary/aromatic N) is 1. The normalized spacial score (nSPS) is 20.6. The molecule has 0 radical (unpaired) electrons. The molecule has 0 aromatic heterocycles. The molecule has 1 aromatic carbocycles. The molecule has 0 saturated carbocycles. The third-order valence-corrected chi connectivity index (χ3v) is 4.43. The summed E-state index contributed by atoms with van der Waals surface area (Å²) in [6, 6.07) is 8.97. The van der Waals surface area contributed by atoms with Crippen LogP contribution in [0.1, 0.15) is 38.3 Å². The van der Waals surface area contributed by atoms with Gasteiger partial charge in [0, 0.05) is 17.1 Å². The Balaban J connectivity index is 0.00000180. The van der Waals surface area contributed by atoms with Gasteiger partial charge in [-0.25, -0.2) is 0 Å². The second kappa shape index (κ2) is 7.49. The molecular formula is C15H24Cl2N2. The molecule has 1 aliphatic heterocycles. The number of hydrogen-bond donors (Lipinski definition) is 1. The average Bonchev–Trinajstić information content (AvgIpc) is 2.38. The molecule has 0 spiro atoms. The van der Waals surface area contributed by atoms with Crippen LogP contribution in [0.25, 0.3) is 0 Å². The van der Waals surface area contributed by atoms with Crippen LogP contribution >= 0.6 is 24.0 Å². The number of rotatable bonds is 3. The molecule has 0 aliphatic carbocycles. The van der Waals surface area contributed by atoms with Crippen molar-refractivity contribution in [1.82, 2.24) is 4.90 Å². The van der Waals surface area contributed by atoms with Crippen LogP contribution in [0.5, 0.6) is 0 Å². The Labute approximate surface area is 127 Å². The van der Waals surface area contributed by atoms with E-state index in [0.717, 1.165) is 18.1 Å². The molecule has 1 saturated heterocycles. The zero-order valence-electron chi connectivity index (χ0n) is 11.7. The van der Waals surface area contributed by atoms with E-state index in [9.17, 15) is 0 Å². The Kier molecular flexibility index (Phi) is 6.61. The van der Waals surface area contributed by atoms with Gasteiger partial charge in [0.05, 0.1) is 0 Å². The van der Waals surface area contributed by atoms with Crippen LogP contribution in [0, 0.1) is 5.92 Å². The van der Waals surface area contributed by atoms with Gasteiger partial charge >= 0.3 is 0 Å². The highest BCUT2D eigenvalue weighted by molar-refractivity contribution is 6.30. The molecule has 0 bridgehead atoms. The fourth-order valence-electron chi connectivity index (χ4n) is 2.81. The van der Waals surface area contributed by atoms with Gasteiger partial charge in [-0.05, 0) is 63.4 Å². The predicted octanol–water partition coefficient (Wildman–Crippen LogP) is 3.88. The minimum Gasteiger partial charge on any atom is -0.328 e. The first-order valence-electron chi connectivity index (χ1n) is 6.83. The van der Waals surface area contributed by atoms with Crippen molar-refractivity contribution in [3.05, 3.63) is 34.9 Å². The maximum Gasteiger partial charge on any atom is 0.0409 e. The van der Waals surface area contributed by atoms with E-state index in [-0.39, 0.29) is 12.4 Å². The first-order valence-corrected chi connectivity index (χ1v) is 7.21. The highest BCUT2D eigenvalue weighted by Gasteiger charge is 2.25. The Bertz CT molecular complexity index is 387. The molecule has 4 heteroatoms. The summed E-state index contributed by atoms with van der Waals surface area (Å²) < 4.78 is 0. The van der Waals surface area contributed by atoms with E-state index in [1.807, 2.05) is 12.1 Å². The highest BCUT2D eigenvalue weighted by Crippen LogP contribution is 2.28. The molecule has 108 valence electrons. The molecule has 1 aromatic rings. The molecule has 1 aliphatic rings. The third-order valence-electron chi connectivity index (χ3n) is 4.20. The lowest BCUT2D eigenvalue weighted by Gasteiger charge is -2.37. The van der Waals surface area contributed by atoms with Crippen molar-refractivity contribution in [2.75, 3.05) is 13.1 Å². The second-order valence-corrected chi connectivity index (χ2v) is 5.90. The molecule has 1 fully saturated rings. The maximum atomic E-state index is 6.06. The van der Waals surface area contributed by atoms with Crippen molar-refractivity contribution in [1.29, 1.82) is 0 Å². The number of piperidine rings is 1. The van der Waals surface area contributed by atoms with E-state index in [1.54, 1.807) is 0 Å². The summed E-state index contributed by atoms with van der Waals surface area (Å²) in [6.45, 7) is 6.67. The average molecular weight is 303 g/mol. The molecule has 2 unspecified atom stereocenters. The minimum absolute atomic E-state index is 0. The third kappa shape index (κ3) is 4.35. The quantitative estimate of drug-likeness (QED) is 0.918. The van der Waals surface area contributed by atoms with Crippen LogP contribution in [-0.2, 0) is 0 Å². The van der Waals surface area contributed by atoms with E-state index in [1.165, 1.54) is 18.4 Å². The number of likely N-dealkylation sites (tertiary alicyclic amines) is 1. The zero-order chi connectivity index (χ0) is 13.1. The summed E-state index contributed by atoms with van der Waals surface area (Å²) in [5.74, 6) is 0.688. The Morgan fingerprint density at radius 1 is 1.26 bits per heavy atom. The van der Waals surface area contributed by atoms with Gasteiger partial charge < -0.3 is 5.73 Å². The van der Waals surface area contributed by atoms with Crippen LogP contribution in [0.15, 0.2) is 24.3 Å². The fourth-order valence-corrected chi connectivity index (χ4v) is 3.01. The summed E-state index contributed by atoms with van der Waals surface area (Å²) in [5, 5.41) is 0.824. The van der Waals surface area contributed by atoms with Crippen LogP contribution in [0.4, 0.5) is 0 Å². The number of hydrogen-bond acceptors (Lipinski definition) is 2. The summed E-state index contributed by atoms with van der Waals surface area (Å²) in [7, 11) is 0. The van der Waals surface area contributed by atoms with Crippen molar-refractivity contribution in [3.8, 4) is 0 Å². The van der Waals surface area contributed by atoms with E-state index >= 15 is 0 Å². The standard InChI is InChI=1S/C15H23ClN2.ClH/c1-11(17)13-6-8-18(9-7-13)12(2)14-4-3-5-15(16)10-14;/h3-5,10-13H,6-9,17H2,1-2H3;1H. The fraction of sp³-hybridized carbons (Fsp3) is 0.600. The van der Waals surface area contributed by atoms with E-state index in [4.69, 9.17) is 17.3 Å². The second-order valence-electron chi connectivity index (χ2n) is 5.46. The highest BCUT2D eigenvalue weighted by atomic mass is 35.5. The van der Waals surface area contributed by atoms with Crippen molar-refractivity contribution < 1.29 is 0 Å². The largest absolute Gasteiger partial charge is 0.328 e. The first kappa shape index (κ1) is 16.8. The smallest absolute Gasteiger partial charge is 0.0409 e. The molecule has 1 heterocycles. The number of nitrogens with two attached hydrogens (primary N) is 1. The number of benzene rings is 1. The molecule has 0 amide bonds. The van der Waals surface area contributed by atoms with E-state index < -0.39 is 0 Å². The minimum atomic E-state index is 0. The topological polar surface area (TPSA) is 29.3 Å². The van der Waals surface area contributed by atoms with Gasteiger partial charge in [-0.3, -0.25) is 4.90 Å². The summed E-state index contributed by atoms with van der Waals surface area (Å²) in [4.78, 5) is 2.53. The SMILES string of the molecule is CC(N)C1CCN(C(C)c2cccc(Cl)c2)CC1.Cl. The van der Waals surface area contributed by atoms with Crippen LogP contribution in [-0.4, -0.2) is 24.0 Å². The van der Waals surface area contributed by atoms with Crippen molar-refractivity contribution >= 4 is 24.0 Å². The van der Waals surface area contributed by atoms with Gasteiger partial charge in [0.25, 0.3) is 0 Å². The van der Waals surface area contributed by atoms with Gasteiger partial charge in [-0.1, -0.05) is 23.7 Å². The first-order chi connectivity index (χ1) is 8.58. The lowest BCUT2D eigenvalue weighted by Crippen LogP contribution is -2.40. The van der Waals surface area contributed by atoms with Crippen molar-refractivity contribution in [2.45, 2.75) is 38.8 Å². The molecule has 19 heavy (non-hydrogen) atoms. The van der Waals surface area contributed by atoms with Gasteiger partial charge in [0.2, 0.25) is 0 Å². The molecule has 2 N–H and O–H groups in total. The van der Waals surface area contributed by atoms with Gasteiger partial charge in [0.1, 0.15) is 0 Å². The number of halogens is 2. The summed E-state index contributed by atoms with van der Waals surface area (Å²) >= 11 is 6.06. The molecule has 2 atom stereocenters. The van der Waals surface area contributed by atoms with Crippen molar-refractivity contribution in [2.24, 2.45) is 11.7 Å². The Morgan fingerprint density at radius 2 is 1.89 bits per heavy atom. The summed E-state index contributed by atoms with van der Waals surface area (Å²) in [6.07, 6.45) is 2.42. The van der Waals surface area contributed by atoms with Gasteiger partial charge in [-0.15, -0.1) is 12.4 Å². The molecule has 2 rings (SSSR count). The van der Waals surface area contributed by atoms with E-state index in [0.29, 0.717) is 18.0 Å². The van der Waals surface area contributed by atoms with Crippen LogP contribution < -0.4 is 5.73 Å². The maximum absolute atomic E-state index is 6.06. The lowest BCUT2D eigenvalue weighted by atomic mass is 9.90. The lowest BCUT2D eigenvalue weighted by molar-refractivity contribution is 0.132.